The molecule has 0 saturated carbocycles. The molecule has 1 fully saturated rings. The molecular weight excluding hydrogens is 518 g/mol. The first kappa shape index (κ1) is 32.4. The van der Waals surface area contributed by atoms with E-state index >= 15 is 0 Å². The van der Waals surface area contributed by atoms with Crippen molar-refractivity contribution in [1.82, 2.24) is 4.90 Å². The zero-order valence-electron chi connectivity index (χ0n) is 24.8. The van der Waals surface area contributed by atoms with E-state index < -0.39 is 32.1 Å². The van der Waals surface area contributed by atoms with Crippen molar-refractivity contribution in [3.63, 3.8) is 0 Å². The fourth-order valence-electron chi connectivity index (χ4n) is 4.39. The van der Waals surface area contributed by atoms with Crippen LogP contribution in [0.5, 0.6) is 0 Å². The number of hydrogen-bond donors (Lipinski definition) is 1. The number of Topliss-reactive ketones (excluding diaryl/α,β-unsaturated/α-hetero) is 1. The van der Waals surface area contributed by atoms with Gasteiger partial charge in [-0.15, -0.1) is 11.8 Å². The number of nitrogens with zero attached hydrogens (tertiary/aromatic N) is 1. The summed E-state index contributed by atoms with van der Waals surface area (Å²) in [5.74, 6) is -1.03. The second kappa shape index (κ2) is 12.1. The molecule has 2 rings (SSSR count). The second-order valence-electron chi connectivity index (χ2n) is 13.3. The molecule has 1 aliphatic rings. The summed E-state index contributed by atoms with van der Waals surface area (Å²) in [6.07, 6.45) is -0.525. The van der Waals surface area contributed by atoms with E-state index in [0.29, 0.717) is 6.42 Å². The van der Waals surface area contributed by atoms with Crippen LogP contribution < -0.4 is 0 Å². The highest BCUT2D eigenvalue weighted by Crippen LogP contribution is 2.54. The summed E-state index contributed by atoms with van der Waals surface area (Å²) in [5.41, 5.74) is 0.357. The van der Waals surface area contributed by atoms with Crippen molar-refractivity contribution in [2.24, 2.45) is 0 Å². The van der Waals surface area contributed by atoms with Crippen LogP contribution >= 0.6 is 11.8 Å². The molecule has 0 radical (unpaired) electrons. The van der Waals surface area contributed by atoms with E-state index in [0.717, 1.165) is 5.56 Å². The van der Waals surface area contributed by atoms with Crippen LogP contribution in [-0.4, -0.2) is 58.7 Å². The van der Waals surface area contributed by atoms with Gasteiger partial charge in [-0.05, 0) is 64.7 Å². The van der Waals surface area contributed by atoms with Crippen LogP contribution in [0.25, 0.3) is 0 Å². The third kappa shape index (κ3) is 8.85. The lowest BCUT2D eigenvalue weighted by atomic mass is 9.94. The zero-order chi connectivity index (χ0) is 29.1. The quantitative estimate of drug-likeness (QED) is 0.295. The minimum absolute atomic E-state index is 0.0493. The van der Waals surface area contributed by atoms with Gasteiger partial charge in [-0.2, -0.15) is 0 Å². The molecule has 0 aromatic heterocycles. The van der Waals surface area contributed by atoms with Crippen LogP contribution in [-0.2, 0) is 18.8 Å². The average molecular weight is 566 g/mol. The number of ether oxygens (including phenoxy) is 1. The first-order chi connectivity index (χ1) is 17.2. The largest absolute Gasteiger partial charge is 0.481 e. The van der Waals surface area contributed by atoms with E-state index in [4.69, 9.17) is 9.16 Å². The molecule has 1 aromatic rings. The first-order valence-corrected chi connectivity index (χ1v) is 17.2. The van der Waals surface area contributed by atoms with Gasteiger partial charge >= 0.3 is 12.1 Å². The van der Waals surface area contributed by atoms with Gasteiger partial charge in [-0.25, -0.2) is 4.79 Å². The standard InChI is InChI=1S/C29H47NO6SSi/c1-27(2,3)35-26(34)30-23(29(7,8)37-25(30)20-14-12-11-13-15-20)17-16-21(31)18-22(19-24(32)33)36-38(9,10)28(4,5)6/h11-15,22-23,25H,16-19H2,1-10H3,(H,32,33)/t22?,23-,25?/m0/s1. The third-order valence-electron chi connectivity index (χ3n) is 7.32. The number of carbonyl (C=O) groups is 3. The normalized spacial score (nSPS) is 20.7. The van der Waals surface area contributed by atoms with Crippen molar-refractivity contribution in [2.45, 2.75) is 127 Å². The Morgan fingerprint density at radius 1 is 1.05 bits per heavy atom. The van der Waals surface area contributed by atoms with E-state index in [2.05, 4.69) is 47.7 Å². The Balaban J connectivity index is 2.24. The number of amides is 1. The number of hydrogen-bond acceptors (Lipinski definition) is 6. The maximum Gasteiger partial charge on any atom is 0.411 e. The highest BCUT2D eigenvalue weighted by atomic mass is 32.2. The summed E-state index contributed by atoms with van der Waals surface area (Å²) < 4.78 is 11.8. The minimum Gasteiger partial charge on any atom is -0.481 e. The van der Waals surface area contributed by atoms with Gasteiger partial charge in [0.15, 0.2) is 8.32 Å². The van der Waals surface area contributed by atoms with Gasteiger partial charge in [-0.1, -0.05) is 51.1 Å². The summed E-state index contributed by atoms with van der Waals surface area (Å²) in [6, 6.07) is 9.63. The lowest BCUT2D eigenvalue weighted by Gasteiger charge is -2.39. The van der Waals surface area contributed by atoms with E-state index in [1.54, 1.807) is 16.7 Å². The number of benzene rings is 1. The number of thioether (sulfide) groups is 1. The molecule has 0 aliphatic carbocycles. The van der Waals surface area contributed by atoms with Gasteiger partial charge in [0, 0.05) is 17.6 Å². The van der Waals surface area contributed by atoms with Crippen molar-refractivity contribution in [1.29, 1.82) is 0 Å². The Morgan fingerprint density at radius 2 is 1.63 bits per heavy atom. The molecule has 1 N–H and O–H groups in total. The van der Waals surface area contributed by atoms with Crippen LogP contribution in [0.1, 0.15) is 92.0 Å². The Hall–Kier alpha value is -1.84. The molecule has 9 heteroatoms. The van der Waals surface area contributed by atoms with Gasteiger partial charge in [0.2, 0.25) is 0 Å². The smallest absolute Gasteiger partial charge is 0.411 e. The second-order valence-corrected chi connectivity index (χ2v) is 19.8. The predicted molar refractivity (Wildman–Crippen MR) is 156 cm³/mol. The molecule has 214 valence electrons. The van der Waals surface area contributed by atoms with Crippen molar-refractivity contribution in [2.75, 3.05) is 0 Å². The number of carboxylic acid groups (broad SMARTS) is 1. The van der Waals surface area contributed by atoms with Crippen LogP contribution in [0.4, 0.5) is 4.79 Å². The lowest BCUT2D eigenvalue weighted by Crippen LogP contribution is -2.46. The molecule has 1 aliphatic heterocycles. The number of ketones is 1. The molecule has 1 saturated heterocycles. The Labute approximate surface area is 234 Å². The van der Waals surface area contributed by atoms with Gasteiger partial charge in [0.05, 0.1) is 18.6 Å². The molecule has 38 heavy (non-hydrogen) atoms. The van der Waals surface area contributed by atoms with Gasteiger partial charge in [0.25, 0.3) is 0 Å². The Bertz CT molecular complexity index is 983. The third-order valence-corrected chi connectivity index (χ3v) is 13.5. The fourth-order valence-corrected chi connectivity index (χ4v) is 7.35. The van der Waals surface area contributed by atoms with Crippen LogP contribution in [0.3, 0.4) is 0 Å². The molecule has 1 amide bonds. The lowest BCUT2D eigenvalue weighted by molar-refractivity contribution is -0.139. The minimum atomic E-state index is -2.26. The van der Waals surface area contributed by atoms with E-state index in [9.17, 15) is 19.5 Å². The summed E-state index contributed by atoms with van der Waals surface area (Å²) in [4.78, 5) is 40.0. The van der Waals surface area contributed by atoms with E-state index in [1.165, 1.54) is 0 Å². The van der Waals surface area contributed by atoms with Crippen molar-refractivity contribution in [3.05, 3.63) is 35.9 Å². The van der Waals surface area contributed by atoms with Crippen molar-refractivity contribution < 1.29 is 28.7 Å². The van der Waals surface area contributed by atoms with Gasteiger partial charge < -0.3 is 14.3 Å². The molecule has 1 heterocycles. The molecular formula is C29H47NO6SSi. The number of carbonyl (C=O) groups excluding carboxylic acids is 2. The summed E-state index contributed by atoms with van der Waals surface area (Å²) in [6.45, 7) is 20.1. The number of aliphatic carboxylic acids is 1. The fraction of sp³-hybridized carbons (Fsp3) is 0.690. The van der Waals surface area contributed by atoms with Gasteiger partial charge in [0.1, 0.15) is 16.8 Å². The molecule has 1 aromatic carbocycles. The molecule has 3 atom stereocenters. The Morgan fingerprint density at radius 3 is 2.13 bits per heavy atom. The predicted octanol–water partition coefficient (Wildman–Crippen LogP) is 7.42. The van der Waals surface area contributed by atoms with Crippen LogP contribution in [0.2, 0.25) is 18.1 Å². The number of carboxylic acids is 1. The molecule has 2 unspecified atom stereocenters. The topological polar surface area (TPSA) is 93.1 Å². The summed E-state index contributed by atoms with van der Waals surface area (Å²) >= 11 is 1.69. The average Bonchev–Trinajstić information content (AvgIpc) is 3.00. The first-order valence-electron chi connectivity index (χ1n) is 13.4. The maximum absolute atomic E-state index is 13.5. The highest BCUT2D eigenvalue weighted by molar-refractivity contribution is 8.01. The zero-order valence-corrected chi connectivity index (χ0v) is 26.6. The maximum atomic E-state index is 13.5. The summed E-state index contributed by atoms with van der Waals surface area (Å²) in [5, 5.41) is 9.12. The van der Waals surface area contributed by atoms with Crippen molar-refractivity contribution in [3.8, 4) is 0 Å². The summed E-state index contributed by atoms with van der Waals surface area (Å²) in [7, 11) is -2.26. The highest BCUT2D eigenvalue weighted by Gasteiger charge is 2.51. The van der Waals surface area contributed by atoms with Crippen LogP contribution in [0.15, 0.2) is 30.3 Å². The van der Waals surface area contributed by atoms with Gasteiger partial charge in [-0.3, -0.25) is 14.5 Å². The van der Waals surface area contributed by atoms with E-state index in [1.807, 2.05) is 51.1 Å². The molecule has 0 bridgehead atoms. The van der Waals surface area contributed by atoms with Crippen molar-refractivity contribution >= 4 is 37.9 Å². The Kier molecular flexibility index (Phi) is 10.3. The monoisotopic (exact) mass is 565 g/mol. The van der Waals surface area contributed by atoms with Crippen LogP contribution in [0, 0.1) is 0 Å². The molecule has 7 nitrogen and oxygen atoms in total. The van der Waals surface area contributed by atoms with E-state index in [-0.39, 0.29) is 46.2 Å². The molecule has 0 spiro atoms. The SMILES string of the molecule is CC(C)(C)OC(=O)N1C(c2ccccc2)SC(C)(C)[C@@H]1CCC(=O)CC(CC(=O)O)O[Si](C)(C)C(C)(C)C. The number of rotatable bonds is 10.